The minimum Gasteiger partial charge on any atom is -0.477 e. The lowest BCUT2D eigenvalue weighted by atomic mass is 10.0. The van der Waals surface area contributed by atoms with Gasteiger partial charge in [-0.1, -0.05) is 18.3 Å². The maximum atomic E-state index is 13.1. The van der Waals surface area contributed by atoms with E-state index in [0.717, 1.165) is 11.3 Å². The molecule has 2 aliphatic heterocycles. The maximum absolute atomic E-state index is 13.1. The van der Waals surface area contributed by atoms with Crippen LogP contribution in [0.25, 0.3) is 0 Å². The van der Waals surface area contributed by atoms with Gasteiger partial charge in [-0.15, -0.1) is 0 Å². The molecule has 3 rings (SSSR count). The number of aromatic nitrogens is 1. The van der Waals surface area contributed by atoms with E-state index in [9.17, 15) is 27.9 Å². The fourth-order valence-corrected chi connectivity index (χ4v) is 4.63. The Morgan fingerprint density at radius 3 is 2.61 bits per heavy atom. The summed E-state index contributed by atoms with van der Waals surface area (Å²) in [6.07, 6.45) is -4.53. The van der Waals surface area contributed by atoms with Gasteiger partial charge in [-0.2, -0.15) is 13.2 Å². The summed E-state index contributed by atoms with van der Waals surface area (Å²) in [5.41, 5.74) is -0.602. The van der Waals surface area contributed by atoms with Gasteiger partial charge in [0, 0.05) is 26.6 Å². The first-order valence-corrected chi connectivity index (χ1v) is 10.5. The van der Waals surface area contributed by atoms with Gasteiger partial charge in [-0.05, 0) is 25.3 Å². The van der Waals surface area contributed by atoms with Crippen LogP contribution in [0.15, 0.2) is 16.3 Å². The van der Waals surface area contributed by atoms with Crippen LogP contribution in [0, 0.1) is 6.92 Å². The number of aromatic carboxylic acids is 1. The van der Waals surface area contributed by atoms with Gasteiger partial charge in [-0.3, -0.25) is 4.79 Å². The van der Waals surface area contributed by atoms with Crippen LogP contribution in [0.1, 0.15) is 41.6 Å². The monoisotopic (exact) mass is 460 g/mol. The SMILES string of the molecule is CCC1=C(C(F)(F)F)N=C(C(=O)N[C@@H]2CCN(c3nc(C)c(C(=O)O)s3)C[C@@H]2OC)C1. The highest BCUT2D eigenvalue weighted by Gasteiger charge is 2.41. The average molecular weight is 460 g/mol. The molecule has 1 aromatic rings. The number of amides is 1. The number of piperidine rings is 1. The van der Waals surface area contributed by atoms with E-state index in [0.29, 0.717) is 30.3 Å². The van der Waals surface area contributed by atoms with Crippen LogP contribution in [0.2, 0.25) is 0 Å². The number of methoxy groups -OCH3 is 1. The van der Waals surface area contributed by atoms with Crippen molar-refractivity contribution < 1.29 is 32.6 Å². The van der Waals surface area contributed by atoms with E-state index >= 15 is 0 Å². The average Bonchev–Trinajstić information content (AvgIpc) is 3.32. The second-order valence-electron chi connectivity index (χ2n) is 7.34. The lowest BCUT2D eigenvalue weighted by molar-refractivity contribution is -0.116. The van der Waals surface area contributed by atoms with Crippen LogP contribution < -0.4 is 10.2 Å². The van der Waals surface area contributed by atoms with Crippen LogP contribution in [0.4, 0.5) is 18.3 Å². The number of carbonyl (C=O) groups excluding carboxylic acids is 1. The molecule has 3 heterocycles. The third-order valence-corrected chi connectivity index (χ3v) is 6.55. The summed E-state index contributed by atoms with van der Waals surface area (Å²) in [4.78, 5) is 33.8. The van der Waals surface area contributed by atoms with Crippen LogP contribution in [0.3, 0.4) is 0 Å². The number of alkyl halides is 3. The Balaban J connectivity index is 1.67. The number of thiazole rings is 1. The van der Waals surface area contributed by atoms with E-state index < -0.39 is 35.9 Å². The standard InChI is InChI=1S/C19H23F3N4O4S/c1-4-10-7-12(24-15(10)19(20,21)22)16(27)25-11-5-6-26(8-13(11)30-3)18-23-9(2)14(31-18)17(28)29/h11,13H,4-8H2,1-3H3,(H,25,27)(H,28,29)/t11-,13+/m1/s1. The van der Waals surface area contributed by atoms with Crippen molar-refractivity contribution in [3.8, 4) is 0 Å². The van der Waals surface area contributed by atoms with Crippen LogP contribution in [-0.4, -0.2) is 66.2 Å². The summed E-state index contributed by atoms with van der Waals surface area (Å²) in [6.45, 7) is 4.06. The number of aliphatic imine (C=N–C) groups is 1. The number of hydrogen-bond acceptors (Lipinski definition) is 7. The summed E-state index contributed by atoms with van der Waals surface area (Å²) < 4.78 is 44.9. The Bertz CT molecular complexity index is 941. The second kappa shape index (κ2) is 8.95. The topological polar surface area (TPSA) is 104 Å². The first-order chi connectivity index (χ1) is 14.5. The molecule has 0 aliphatic carbocycles. The number of rotatable bonds is 6. The molecule has 2 aliphatic rings. The van der Waals surface area contributed by atoms with Crippen molar-refractivity contribution in [1.29, 1.82) is 0 Å². The number of hydrogen-bond donors (Lipinski definition) is 2. The van der Waals surface area contributed by atoms with E-state index in [2.05, 4.69) is 15.3 Å². The first kappa shape index (κ1) is 23.2. The van der Waals surface area contributed by atoms with Crippen LogP contribution in [-0.2, 0) is 9.53 Å². The van der Waals surface area contributed by atoms with Gasteiger partial charge in [-0.25, -0.2) is 14.8 Å². The number of carboxylic acid groups (broad SMARTS) is 1. The smallest absolute Gasteiger partial charge is 0.433 e. The summed E-state index contributed by atoms with van der Waals surface area (Å²) in [5, 5.41) is 12.5. The minimum absolute atomic E-state index is 0.101. The molecule has 1 saturated heterocycles. The highest BCUT2D eigenvalue weighted by atomic mass is 32.1. The van der Waals surface area contributed by atoms with Gasteiger partial charge < -0.3 is 20.1 Å². The molecule has 170 valence electrons. The number of allylic oxidation sites excluding steroid dienone is 2. The molecule has 8 nitrogen and oxygen atoms in total. The van der Waals surface area contributed by atoms with Gasteiger partial charge in [0.1, 0.15) is 16.3 Å². The normalized spacial score (nSPS) is 22.0. The Morgan fingerprint density at radius 2 is 2.10 bits per heavy atom. The van der Waals surface area contributed by atoms with Gasteiger partial charge >= 0.3 is 12.1 Å². The molecule has 0 unspecified atom stereocenters. The number of aryl methyl sites for hydroxylation is 1. The molecular weight excluding hydrogens is 437 g/mol. The van der Waals surface area contributed by atoms with Crippen molar-refractivity contribution >= 4 is 34.1 Å². The molecule has 0 bridgehead atoms. The fraction of sp³-hybridized carbons (Fsp3) is 0.579. The second-order valence-corrected chi connectivity index (χ2v) is 8.32. The predicted octanol–water partition coefficient (Wildman–Crippen LogP) is 2.93. The highest BCUT2D eigenvalue weighted by Crippen LogP contribution is 2.36. The highest BCUT2D eigenvalue weighted by molar-refractivity contribution is 7.17. The van der Waals surface area contributed by atoms with Crippen LogP contribution in [0.5, 0.6) is 0 Å². The van der Waals surface area contributed by atoms with Crippen molar-refractivity contribution in [2.45, 2.75) is 51.4 Å². The third-order valence-electron chi connectivity index (χ3n) is 5.35. The Labute approximate surface area is 180 Å². The zero-order valence-corrected chi connectivity index (χ0v) is 18.1. The number of halogens is 3. The van der Waals surface area contributed by atoms with E-state index in [1.807, 2.05) is 4.90 Å². The Hall–Kier alpha value is -2.47. The number of carboxylic acids is 1. The van der Waals surface area contributed by atoms with E-state index in [1.54, 1.807) is 13.8 Å². The zero-order chi connectivity index (χ0) is 22.9. The summed E-state index contributed by atoms with van der Waals surface area (Å²) in [6, 6.07) is -0.420. The van der Waals surface area contributed by atoms with Gasteiger partial charge in [0.25, 0.3) is 5.91 Å². The summed E-state index contributed by atoms with van der Waals surface area (Å²) in [5.74, 6) is -1.67. The predicted molar refractivity (Wildman–Crippen MR) is 109 cm³/mol. The zero-order valence-electron chi connectivity index (χ0n) is 17.2. The van der Waals surface area contributed by atoms with Crippen molar-refractivity contribution in [2.75, 3.05) is 25.1 Å². The molecule has 12 heteroatoms. The molecule has 31 heavy (non-hydrogen) atoms. The lowest BCUT2D eigenvalue weighted by Crippen LogP contribution is -2.55. The molecule has 1 fully saturated rings. The van der Waals surface area contributed by atoms with Gasteiger partial charge in [0.15, 0.2) is 5.13 Å². The van der Waals surface area contributed by atoms with E-state index in [4.69, 9.17) is 4.74 Å². The van der Waals surface area contributed by atoms with E-state index in [-0.39, 0.29) is 29.0 Å². The number of nitrogens with one attached hydrogen (secondary N) is 1. The molecular formula is C19H23F3N4O4S. The van der Waals surface area contributed by atoms with Crippen molar-refractivity contribution in [3.05, 3.63) is 21.8 Å². The van der Waals surface area contributed by atoms with Crippen LogP contribution >= 0.6 is 11.3 Å². The molecule has 0 saturated carbocycles. The molecule has 2 atom stereocenters. The number of anilines is 1. The third kappa shape index (κ3) is 4.90. The number of nitrogens with zero attached hydrogens (tertiary/aromatic N) is 3. The number of ether oxygens (including phenoxy) is 1. The molecule has 0 aromatic carbocycles. The summed E-state index contributed by atoms with van der Waals surface area (Å²) >= 11 is 1.07. The van der Waals surface area contributed by atoms with E-state index in [1.165, 1.54) is 7.11 Å². The fourth-order valence-electron chi connectivity index (χ4n) is 3.69. The first-order valence-electron chi connectivity index (χ1n) is 9.71. The Morgan fingerprint density at radius 1 is 1.39 bits per heavy atom. The molecule has 0 spiro atoms. The van der Waals surface area contributed by atoms with Crippen molar-refractivity contribution in [2.24, 2.45) is 4.99 Å². The summed E-state index contributed by atoms with van der Waals surface area (Å²) in [7, 11) is 1.48. The Kier molecular flexibility index (Phi) is 6.70. The molecule has 1 aromatic heterocycles. The molecule has 2 N–H and O–H groups in total. The maximum Gasteiger partial charge on any atom is 0.433 e. The van der Waals surface area contributed by atoms with Gasteiger partial charge in [0.05, 0.1) is 17.8 Å². The quantitative estimate of drug-likeness (QED) is 0.677. The van der Waals surface area contributed by atoms with Gasteiger partial charge in [0.2, 0.25) is 0 Å². The number of carbonyl (C=O) groups is 2. The lowest BCUT2D eigenvalue weighted by Gasteiger charge is -2.38. The molecule has 1 amide bonds. The van der Waals surface area contributed by atoms with Crippen molar-refractivity contribution in [3.63, 3.8) is 0 Å². The largest absolute Gasteiger partial charge is 0.477 e. The molecule has 0 radical (unpaired) electrons. The minimum atomic E-state index is -4.59. The van der Waals surface area contributed by atoms with Crippen molar-refractivity contribution in [1.82, 2.24) is 10.3 Å².